The number of piperidine rings is 2. The Morgan fingerprint density at radius 2 is 1.75 bits per heavy atom. The van der Waals surface area contributed by atoms with Crippen LogP contribution in [0.4, 0.5) is 26.0 Å². The molecular weight excluding hydrogens is 831 g/mol. The smallest absolute Gasteiger partial charge is 0.284 e. The Balaban J connectivity index is 0.713. The summed E-state index contributed by atoms with van der Waals surface area (Å²) in [6, 6.07) is 6.32. The van der Waals surface area contributed by atoms with Crippen LogP contribution < -0.4 is 20.9 Å². The van der Waals surface area contributed by atoms with Crippen LogP contribution in [-0.2, 0) is 14.3 Å². The van der Waals surface area contributed by atoms with Crippen LogP contribution in [-0.4, -0.2) is 147 Å². The van der Waals surface area contributed by atoms with E-state index in [1.807, 2.05) is 6.07 Å². The van der Waals surface area contributed by atoms with Gasteiger partial charge in [0.05, 0.1) is 42.3 Å². The number of morpholine rings is 1. The minimum absolute atomic E-state index is 0.0106. The second-order valence-electron chi connectivity index (χ2n) is 17.5. The number of hydrogen-bond acceptors (Lipinski definition) is 13. The first kappa shape index (κ1) is 43.4. The lowest BCUT2D eigenvalue weighted by Crippen LogP contribution is -2.54. The van der Waals surface area contributed by atoms with Crippen LogP contribution in [0.5, 0.6) is 0 Å². The summed E-state index contributed by atoms with van der Waals surface area (Å²) in [4.78, 5) is 76.9. The fraction of sp³-hybridized carbons (Fsp3) is 0.545. The van der Waals surface area contributed by atoms with Crippen molar-refractivity contribution in [1.82, 2.24) is 44.4 Å². The first-order valence-electron chi connectivity index (χ1n) is 22.4. The number of likely N-dealkylation sites (tertiary alicyclic amines) is 1. The Labute approximate surface area is 368 Å². The van der Waals surface area contributed by atoms with Gasteiger partial charge >= 0.3 is 0 Å². The summed E-state index contributed by atoms with van der Waals surface area (Å²) in [7, 11) is 2.15. The van der Waals surface area contributed by atoms with Crippen molar-refractivity contribution >= 4 is 52.4 Å². The number of rotatable bonds is 14. The average Bonchev–Trinajstić information content (AvgIpc) is 4.00. The number of carbonyl (C=O) groups is 5. The molecule has 7 heterocycles. The number of ether oxygens (including phenoxy) is 1. The normalized spacial score (nSPS) is 22.5. The highest BCUT2D eigenvalue weighted by Crippen LogP contribution is 2.36. The lowest BCUT2D eigenvalue weighted by atomic mass is 9.85. The summed E-state index contributed by atoms with van der Waals surface area (Å²) in [5.74, 6) is -1.46. The van der Waals surface area contributed by atoms with Gasteiger partial charge < -0.3 is 30.1 Å². The number of anilines is 3. The largest absolute Gasteiger partial charge is 0.384 e. The first-order chi connectivity index (χ1) is 31.0. The molecule has 1 unspecified atom stereocenters. The standard InChI is InChI=1S/C44H54F2N12O6/c1-53(16-3-15-47-32-5-2-4-30-37(32)44(63)58(43(30)62)34-10-11-36(59)51-42(34)61)28-12-17-54(18-13-28)25-27-6-8-29(9-7-27)57-26-33(38(52-57)39(45)46)49-41(60)31-24-48-56-19-14-35(50-40(31)56)55-20-22-64-23-21-55/h2,4-5,14,19,24,26-29,34,39,47H,3,6-13,15-18,20-23,25H2,1H3,(H,49,60)(H,51,59,61)/t27-,29-,34?. The molecule has 0 radical (unpaired) electrons. The highest BCUT2D eigenvalue weighted by Gasteiger charge is 2.45. The molecule has 1 atom stereocenters. The van der Waals surface area contributed by atoms with Gasteiger partial charge in [-0.15, -0.1) is 0 Å². The number of hydrogen-bond donors (Lipinski definition) is 3. The molecule has 4 aromatic rings. The third kappa shape index (κ3) is 8.94. The van der Waals surface area contributed by atoms with Crippen molar-refractivity contribution in [2.45, 2.75) is 82.3 Å². The Bertz CT molecular complexity index is 2400. The molecule has 3 aromatic heterocycles. The number of aromatic nitrogens is 5. The number of halogens is 2. The van der Waals surface area contributed by atoms with E-state index in [1.165, 1.54) is 16.9 Å². The predicted molar refractivity (Wildman–Crippen MR) is 230 cm³/mol. The SMILES string of the molecule is CN(CCCNc1cccc2c1C(=O)N(C1CCC(=O)NC1=O)C2=O)C1CCN(C[C@H]2CC[C@H](n3cc(NC(=O)c4cnn5ccc(N6CCOCC6)nc45)c(C(F)F)n3)CC2)CC1. The van der Waals surface area contributed by atoms with Crippen LogP contribution in [0.3, 0.4) is 0 Å². The summed E-state index contributed by atoms with van der Waals surface area (Å²) in [5, 5.41) is 16.8. The Morgan fingerprint density at radius 3 is 2.50 bits per heavy atom. The monoisotopic (exact) mass is 884 g/mol. The minimum atomic E-state index is -2.86. The minimum Gasteiger partial charge on any atom is -0.384 e. The van der Waals surface area contributed by atoms with Gasteiger partial charge in [-0.25, -0.2) is 18.3 Å². The van der Waals surface area contributed by atoms with Crippen molar-refractivity contribution in [2.75, 3.05) is 81.6 Å². The summed E-state index contributed by atoms with van der Waals surface area (Å²) in [6.07, 6.45) is 8.45. The third-order valence-corrected chi connectivity index (χ3v) is 13.5. The number of fused-ring (bicyclic) bond motifs is 2. The molecule has 0 bridgehead atoms. The Morgan fingerprint density at radius 1 is 0.969 bits per heavy atom. The zero-order chi connectivity index (χ0) is 44.5. The van der Waals surface area contributed by atoms with Crippen molar-refractivity contribution in [2.24, 2.45) is 5.92 Å². The molecule has 1 aromatic carbocycles. The second-order valence-corrected chi connectivity index (χ2v) is 17.5. The molecule has 4 aliphatic heterocycles. The first-order valence-corrected chi connectivity index (χ1v) is 22.4. The topological polar surface area (TPSA) is 192 Å². The highest BCUT2D eigenvalue weighted by atomic mass is 19.3. The van der Waals surface area contributed by atoms with Crippen LogP contribution >= 0.6 is 0 Å². The van der Waals surface area contributed by atoms with E-state index >= 15 is 0 Å². The van der Waals surface area contributed by atoms with Crippen molar-refractivity contribution in [1.29, 1.82) is 0 Å². The molecule has 4 fully saturated rings. The lowest BCUT2D eigenvalue weighted by Gasteiger charge is -2.39. The van der Waals surface area contributed by atoms with E-state index in [-0.39, 0.29) is 41.3 Å². The maximum atomic E-state index is 14.3. The van der Waals surface area contributed by atoms with Gasteiger partial charge in [-0.05, 0) is 102 Å². The highest BCUT2D eigenvalue weighted by molar-refractivity contribution is 6.25. The van der Waals surface area contributed by atoms with E-state index in [2.05, 4.69) is 52.9 Å². The Kier molecular flexibility index (Phi) is 12.7. The molecule has 20 heteroatoms. The zero-order valence-corrected chi connectivity index (χ0v) is 35.9. The molecule has 3 saturated heterocycles. The summed E-state index contributed by atoms with van der Waals surface area (Å²) in [6.45, 7) is 6.96. The van der Waals surface area contributed by atoms with E-state index in [0.717, 1.165) is 76.0 Å². The number of imide groups is 2. The zero-order valence-electron chi connectivity index (χ0n) is 35.9. The number of benzene rings is 1. The van der Waals surface area contributed by atoms with Crippen LogP contribution in [0.2, 0.25) is 0 Å². The average molecular weight is 885 g/mol. The molecule has 1 aliphatic carbocycles. The van der Waals surface area contributed by atoms with Gasteiger partial charge in [0.1, 0.15) is 17.4 Å². The second kappa shape index (κ2) is 18.7. The fourth-order valence-electron chi connectivity index (χ4n) is 9.92. The number of nitrogens with zero attached hydrogens (tertiary/aromatic N) is 9. The number of nitrogens with one attached hydrogen (secondary N) is 3. The van der Waals surface area contributed by atoms with Gasteiger partial charge in [-0.1, -0.05) is 6.07 Å². The fourth-order valence-corrected chi connectivity index (χ4v) is 9.92. The molecule has 18 nitrogen and oxygen atoms in total. The van der Waals surface area contributed by atoms with Crippen molar-refractivity contribution < 1.29 is 37.5 Å². The lowest BCUT2D eigenvalue weighted by molar-refractivity contribution is -0.136. The van der Waals surface area contributed by atoms with Gasteiger partial charge in [0.15, 0.2) is 11.3 Å². The van der Waals surface area contributed by atoms with Gasteiger partial charge in [-0.3, -0.25) is 38.9 Å². The van der Waals surface area contributed by atoms with E-state index in [0.29, 0.717) is 62.0 Å². The van der Waals surface area contributed by atoms with E-state index < -0.39 is 47.7 Å². The van der Waals surface area contributed by atoms with E-state index in [4.69, 9.17) is 4.74 Å². The van der Waals surface area contributed by atoms with Crippen molar-refractivity contribution in [3.05, 3.63) is 65.2 Å². The molecule has 340 valence electrons. The number of alkyl halides is 2. The molecule has 1 saturated carbocycles. The van der Waals surface area contributed by atoms with Gasteiger partial charge in [-0.2, -0.15) is 10.2 Å². The number of amides is 5. The molecular formula is C44H54F2N12O6. The summed E-state index contributed by atoms with van der Waals surface area (Å²) < 4.78 is 37.1. The number of carbonyl (C=O) groups excluding carboxylic acids is 5. The van der Waals surface area contributed by atoms with Gasteiger partial charge in [0, 0.05) is 56.7 Å². The van der Waals surface area contributed by atoms with Crippen LogP contribution in [0.25, 0.3) is 5.65 Å². The molecule has 5 amide bonds. The maximum Gasteiger partial charge on any atom is 0.284 e. The Hall–Kier alpha value is -5.86. The summed E-state index contributed by atoms with van der Waals surface area (Å²) >= 11 is 0. The molecule has 3 N–H and O–H groups in total. The van der Waals surface area contributed by atoms with E-state index in [9.17, 15) is 32.8 Å². The third-order valence-electron chi connectivity index (χ3n) is 13.5. The van der Waals surface area contributed by atoms with E-state index in [1.54, 1.807) is 29.1 Å². The molecule has 64 heavy (non-hydrogen) atoms. The molecule has 0 spiro atoms. The van der Waals surface area contributed by atoms with Crippen LogP contribution in [0.15, 0.2) is 42.9 Å². The molecule has 9 rings (SSSR count). The van der Waals surface area contributed by atoms with Crippen LogP contribution in [0, 0.1) is 5.92 Å². The van der Waals surface area contributed by atoms with Gasteiger partial charge in [0.2, 0.25) is 11.8 Å². The van der Waals surface area contributed by atoms with Gasteiger partial charge in [0.25, 0.3) is 24.1 Å². The van der Waals surface area contributed by atoms with Crippen molar-refractivity contribution in [3.63, 3.8) is 0 Å². The van der Waals surface area contributed by atoms with Crippen molar-refractivity contribution in [3.8, 4) is 0 Å². The molecule has 5 aliphatic rings. The van der Waals surface area contributed by atoms with Crippen LogP contribution in [0.1, 0.15) is 107 Å². The summed E-state index contributed by atoms with van der Waals surface area (Å²) in [5.41, 5.74) is 1.14. The predicted octanol–water partition coefficient (Wildman–Crippen LogP) is 3.98. The quantitative estimate of drug-likeness (QED) is 0.122. The maximum absolute atomic E-state index is 14.3.